The van der Waals surface area contributed by atoms with Gasteiger partial charge in [0.05, 0.1) is 7.11 Å². The smallest absolute Gasteiger partial charge is 0.338 e. The molecule has 0 heterocycles. The predicted molar refractivity (Wildman–Crippen MR) is 114 cm³/mol. The Morgan fingerprint density at radius 3 is 1.73 bits per heavy atom. The molecule has 26 heavy (non-hydrogen) atoms. The first-order valence-corrected chi connectivity index (χ1v) is 19.1. The van der Waals surface area contributed by atoms with E-state index in [1.807, 2.05) is 37.8 Å². The third-order valence-corrected chi connectivity index (χ3v) is 5.60. The standard InChI is InChI=1S/C18H34O5Si3/c1-20-18(19)17(23-26(8,9)10)14-11-12-15(21-24(2,3)4)16(13-14)22-25(5,6)7/h11-13,17H,1-10H3. The molecule has 0 aromatic heterocycles. The quantitative estimate of drug-likeness (QED) is 0.433. The predicted octanol–water partition coefficient (Wildman–Crippen LogP) is 5.18. The van der Waals surface area contributed by atoms with Crippen molar-refractivity contribution in [1.82, 2.24) is 0 Å². The minimum Gasteiger partial charge on any atom is -0.542 e. The van der Waals surface area contributed by atoms with Crippen LogP contribution in [0.15, 0.2) is 18.2 Å². The van der Waals surface area contributed by atoms with Crippen LogP contribution in [0.5, 0.6) is 11.5 Å². The Morgan fingerprint density at radius 1 is 0.808 bits per heavy atom. The van der Waals surface area contributed by atoms with E-state index in [-0.39, 0.29) is 0 Å². The maximum atomic E-state index is 12.3. The van der Waals surface area contributed by atoms with Gasteiger partial charge in [0.15, 0.2) is 14.4 Å². The topological polar surface area (TPSA) is 54.0 Å². The number of methoxy groups -OCH3 is 1. The second-order valence-electron chi connectivity index (χ2n) is 9.27. The van der Waals surface area contributed by atoms with Gasteiger partial charge in [-0.15, -0.1) is 0 Å². The van der Waals surface area contributed by atoms with Crippen LogP contribution in [0.4, 0.5) is 0 Å². The van der Waals surface area contributed by atoms with Crippen molar-refractivity contribution in [3.8, 4) is 11.5 Å². The fourth-order valence-corrected chi connectivity index (χ4v) is 4.81. The monoisotopic (exact) mass is 414 g/mol. The molecule has 0 bridgehead atoms. The fourth-order valence-electron chi connectivity index (χ4n) is 2.22. The van der Waals surface area contributed by atoms with E-state index in [1.54, 1.807) is 0 Å². The van der Waals surface area contributed by atoms with E-state index in [0.29, 0.717) is 5.75 Å². The summed E-state index contributed by atoms with van der Waals surface area (Å²) in [5.41, 5.74) is 0.732. The van der Waals surface area contributed by atoms with Gasteiger partial charge in [0.25, 0.3) is 0 Å². The molecule has 0 aliphatic heterocycles. The summed E-state index contributed by atoms with van der Waals surface area (Å²) >= 11 is 0. The summed E-state index contributed by atoms with van der Waals surface area (Å²) in [6, 6.07) is 5.62. The van der Waals surface area contributed by atoms with Crippen molar-refractivity contribution >= 4 is 30.9 Å². The van der Waals surface area contributed by atoms with Crippen LogP contribution >= 0.6 is 0 Å². The first-order chi connectivity index (χ1) is 11.6. The number of carbonyl (C=O) groups excluding carboxylic acids is 1. The summed E-state index contributed by atoms with van der Waals surface area (Å²) in [5, 5.41) is 0. The Morgan fingerprint density at radius 2 is 1.31 bits per heavy atom. The van der Waals surface area contributed by atoms with E-state index >= 15 is 0 Å². The van der Waals surface area contributed by atoms with Gasteiger partial charge in [0.2, 0.25) is 16.6 Å². The number of ether oxygens (including phenoxy) is 1. The highest BCUT2D eigenvalue weighted by atomic mass is 28.4. The van der Waals surface area contributed by atoms with Crippen LogP contribution in [-0.2, 0) is 14.0 Å². The third kappa shape index (κ3) is 8.07. The van der Waals surface area contributed by atoms with Crippen LogP contribution in [0.2, 0.25) is 58.9 Å². The highest BCUT2D eigenvalue weighted by Crippen LogP contribution is 2.36. The molecule has 0 saturated heterocycles. The maximum Gasteiger partial charge on any atom is 0.338 e. The lowest BCUT2D eigenvalue weighted by molar-refractivity contribution is -0.149. The molecule has 0 amide bonds. The first-order valence-electron chi connectivity index (χ1n) is 8.89. The van der Waals surface area contributed by atoms with Gasteiger partial charge in [0, 0.05) is 0 Å². The maximum absolute atomic E-state index is 12.3. The van der Waals surface area contributed by atoms with Crippen molar-refractivity contribution in [3.63, 3.8) is 0 Å². The molecule has 1 aromatic carbocycles. The van der Waals surface area contributed by atoms with Gasteiger partial charge in [-0.25, -0.2) is 4.79 Å². The van der Waals surface area contributed by atoms with Gasteiger partial charge in [0.1, 0.15) is 11.5 Å². The van der Waals surface area contributed by atoms with Gasteiger partial charge in [-0.3, -0.25) is 0 Å². The van der Waals surface area contributed by atoms with E-state index in [4.69, 9.17) is 18.0 Å². The third-order valence-electron chi connectivity index (χ3n) is 2.99. The second kappa shape index (κ2) is 8.28. The number of esters is 1. The minimum absolute atomic E-state index is 0.398. The van der Waals surface area contributed by atoms with Crippen molar-refractivity contribution in [2.24, 2.45) is 0 Å². The Labute approximate surface area is 161 Å². The van der Waals surface area contributed by atoms with Crippen LogP contribution in [-0.4, -0.2) is 38.0 Å². The molecular formula is C18H34O5Si3. The highest BCUT2D eigenvalue weighted by molar-refractivity contribution is 6.71. The van der Waals surface area contributed by atoms with E-state index in [2.05, 4.69) is 39.3 Å². The average molecular weight is 415 g/mol. The summed E-state index contributed by atoms with van der Waals surface area (Å²) in [5.74, 6) is 1.01. The number of benzene rings is 1. The van der Waals surface area contributed by atoms with Crippen molar-refractivity contribution in [1.29, 1.82) is 0 Å². The fraction of sp³-hybridized carbons (Fsp3) is 0.611. The Kier molecular flexibility index (Phi) is 7.31. The van der Waals surface area contributed by atoms with Gasteiger partial charge in [-0.1, -0.05) is 6.07 Å². The Balaban J connectivity index is 3.37. The minimum atomic E-state index is -1.96. The van der Waals surface area contributed by atoms with E-state index < -0.39 is 37.0 Å². The van der Waals surface area contributed by atoms with E-state index in [9.17, 15) is 4.79 Å². The molecule has 5 nitrogen and oxygen atoms in total. The van der Waals surface area contributed by atoms with E-state index in [0.717, 1.165) is 11.3 Å². The molecule has 1 atom stereocenters. The number of hydrogen-bond acceptors (Lipinski definition) is 5. The van der Waals surface area contributed by atoms with Crippen molar-refractivity contribution < 1.29 is 22.8 Å². The van der Waals surface area contributed by atoms with Crippen LogP contribution in [0, 0.1) is 0 Å². The van der Waals surface area contributed by atoms with Crippen LogP contribution in [0.25, 0.3) is 0 Å². The molecule has 0 aliphatic rings. The van der Waals surface area contributed by atoms with Crippen molar-refractivity contribution in [2.75, 3.05) is 7.11 Å². The number of rotatable bonds is 8. The Hall–Kier alpha value is -1.10. The zero-order chi connectivity index (χ0) is 20.3. The largest absolute Gasteiger partial charge is 0.542 e. The summed E-state index contributed by atoms with van der Waals surface area (Å²) in [6.45, 7) is 18.9. The number of carbonyl (C=O) groups is 1. The molecule has 148 valence electrons. The normalized spacial score (nSPS) is 13.9. The molecule has 1 unspecified atom stereocenters. The first kappa shape index (κ1) is 22.9. The molecule has 8 heteroatoms. The molecule has 0 aliphatic carbocycles. The van der Waals surface area contributed by atoms with Gasteiger partial charge >= 0.3 is 5.97 Å². The molecule has 0 saturated carbocycles. The zero-order valence-electron chi connectivity index (χ0n) is 17.9. The molecule has 0 N–H and O–H groups in total. The molecule has 0 spiro atoms. The van der Waals surface area contributed by atoms with Crippen LogP contribution in [0.3, 0.4) is 0 Å². The van der Waals surface area contributed by atoms with Gasteiger partial charge in [-0.05, 0) is 76.6 Å². The van der Waals surface area contributed by atoms with Crippen molar-refractivity contribution in [2.45, 2.75) is 65.0 Å². The summed E-state index contributed by atoms with van der Waals surface area (Å²) in [4.78, 5) is 12.3. The van der Waals surface area contributed by atoms with Crippen LogP contribution in [0.1, 0.15) is 11.7 Å². The summed E-state index contributed by atoms with van der Waals surface area (Å²) in [7, 11) is -4.23. The molecule has 0 fully saturated rings. The lowest BCUT2D eigenvalue weighted by atomic mass is 10.1. The summed E-state index contributed by atoms with van der Waals surface area (Å²) < 4.78 is 23.5. The average Bonchev–Trinajstić information content (AvgIpc) is 2.42. The Bertz CT molecular complexity index is 627. The lowest BCUT2D eigenvalue weighted by Crippen LogP contribution is -2.33. The van der Waals surface area contributed by atoms with Crippen molar-refractivity contribution in [3.05, 3.63) is 23.8 Å². The number of hydrogen-bond donors (Lipinski definition) is 0. The zero-order valence-corrected chi connectivity index (χ0v) is 20.9. The summed E-state index contributed by atoms with van der Waals surface area (Å²) in [6.07, 6.45) is -0.753. The van der Waals surface area contributed by atoms with Gasteiger partial charge in [-0.2, -0.15) is 0 Å². The van der Waals surface area contributed by atoms with Gasteiger partial charge < -0.3 is 18.0 Å². The van der Waals surface area contributed by atoms with E-state index in [1.165, 1.54) is 7.11 Å². The second-order valence-corrected chi connectivity index (χ2v) is 22.6. The molecule has 1 rings (SSSR count). The molecule has 1 aromatic rings. The SMILES string of the molecule is COC(=O)C(O[Si](C)(C)C)c1ccc(O[Si](C)(C)C)c(O[Si](C)(C)C)c1. The molecule has 0 radical (unpaired) electrons. The lowest BCUT2D eigenvalue weighted by Gasteiger charge is -2.28. The highest BCUT2D eigenvalue weighted by Gasteiger charge is 2.31. The van der Waals surface area contributed by atoms with Crippen LogP contribution < -0.4 is 8.85 Å². The molecular weight excluding hydrogens is 380 g/mol.